The van der Waals surface area contributed by atoms with Crippen molar-refractivity contribution in [3.63, 3.8) is 0 Å². The van der Waals surface area contributed by atoms with Crippen LogP contribution in [0.2, 0.25) is 5.02 Å². The highest BCUT2D eigenvalue weighted by molar-refractivity contribution is 6.34. The van der Waals surface area contributed by atoms with Crippen molar-refractivity contribution in [3.05, 3.63) is 23.2 Å². The maximum Gasteiger partial charge on any atom is 0.321 e. The molecule has 2 saturated heterocycles. The van der Waals surface area contributed by atoms with Gasteiger partial charge in [-0.25, -0.2) is 4.79 Å². The number of nitrogens with zero attached hydrogens (tertiary/aromatic N) is 1. The third-order valence-electron chi connectivity index (χ3n) is 3.60. The molecule has 0 saturated carbocycles. The molecule has 0 aromatic heterocycles. The van der Waals surface area contributed by atoms with Crippen molar-refractivity contribution in [3.8, 4) is 0 Å². The molecule has 2 N–H and O–H groups in total. The molecule has 2 fully saturated rings. The van der Waals surface area contributed by atoms with Crippen LogP contribution in [0.1, 0.15) is 12.8 Å². The number of hydrogen-bond donors (Lipinski definition) is 2. The largest absolute Gasteiger partial charge is 0.368 e. The molecule has 7 heteroatoms. The number of carbonyl (C=O) groups is 2. The normalized spacial score (nSPS) is 21.5. The van der Waals surface area contributed by atoms with Crippen LogP contribution in [0.4, 0.5) is 16.2 Å². The van der Waals surface area contributed by atoms with Gasteiger partial charge < -0.3 is 15.4 Å². The lowest BCUT2D eigenvalue weighted by Crippen LogP contribution is -2.29. The summed E-state index contributed by atoms with van der Waals surface area (Å²) in [5, 5.41) is 5.95. The fourth-order valence-electron chi connectivity index (χ4n) is 2.49. The molecule has 1 unspecified atom stereocenters. The van der Waals surface area contributed by atoms with Crippen LogP contribution in [-0.4, -0.2) is 37.7 Å². The molecular formula is C14H16ClN3O3. The van der Waals surface area contributed by atoms with Gasteiger partial charge in [-0.3, -0.25) is 9.69 Å². The fraction of sp³-hybridized carbons (Fsp3) is 0.429. The quantitative estimate of drug-likeness (QED) is 0.897. The minimum absolute atomic E-state index is 0.145. The van der Waals surface area contributed by atoms with Gasteiger partial charge in [-0.05, 0) is 31.0 Å². The van der Waals surface area contributed by atoms with E-state index in [1.165, 1.54) is 0 Å². The van der Waals surface area contributed by atoms with E-state index >= 15 is 0 Å². The minimum Gasteiger partial charge on any atom is -0.368 e. The van der Waals surface area contributed by atoms with Gasteiger partial charge in [-0.15, -0.1) is 0 Å². The lowest BCUT2D eigenvalue weighted by molar-refractivity contribution is -0.124. The van der Waals surface area contributed by atoms with Gasteiger partial charge in [0.25, 0.3) is 5.91 Å². The van der Waals surface area contributed by atoms with Crippen LogP contribution in [0.3, 0.4) is 0 Å². The molecule has 3 rings (SSSR count). The molecule has 112 valence electrons. The van der Waals surface area contributed by atoms with Gasteiger partial charge in [-0.1, -0.05) is 11.6 Å². The molecule has 2 aliphatic heterocycles. The van der Waals surface area contributed by atoms with E-state index in [0.29, 0.717) is 36.1 Å². The van der Waals surface area contributed by atoms with Crippen LogP contribution in [0, 0.1) is 0 Å². The first-order valence-electron chi connectivity index (χ1n) is 6.92. The number of urea groups is 1. The summed E-state index contributed by atoms with van der Waals surface area (Å²) >= 11 is 6.12. The number of ether oxygens (including phenoxy) is 1. The molecule has 21 heavy (non-hydrogen) atoms. The Morgan fingerprint density at radius 2 is 2.33 bits per heavy atom. The number of hydrogen-bond acceptors (Lipinski definition) is 3. The molecular weight excluding hydrogens is 294 g/mol. The molecule has 0 radical (unpaired) electrons. The van der Waals surface area contributed by atoms with Crippen LogP contribution < -0.4 is 15.5 Å². The fourth-order valence-corrected chi connectivity index (χ4v) is 2.66. The highest BCUT2D eigenvalue weighted by Crippen LogP contribution is 2.29. The number of nitrogens with one attached hydrogen (secondary N) is 2. The van der Waals surface area contributed by atoms with Crippen LogP contribution in [0.5, 0.6) is 0 Å². The van der Waals surface area contributed by atoms with E-state index in [4.69, 9.17) is 16.3 Å². The van der Waals surface area contributed by atoms with Crippen molar-refractivity contribution in [2.45, 2.75) is 18.9 Å². The SMILES string of the molecule is O=C(Nc1cc(N2CCNC2=O)ccc1Cl)C1CCCO1. The Hall–Kier alpha value is -1.79. The lowest BCUT2D eigenvalue weighted by Gasteiger charge is -2.17. The monoisotopic (exact) mass is 309 g/mol. The predicted octanol–water partition coefficient (Wildman–Crippen LogP) is 1.99. The van der Waals surface area contributed by atoms with Crippen molar-refractivity contribution >= 4 is 34.9 Å². The highest BCUT2D eigenvalue weighted by atomic mass is 35.5. The maximum atomic E-state index is 12.1. The topological polar surface area (TPSA) is 70.7 Å². The van der Waals surface area contributed by atoms with Crippen molar-refractivity contribution < 1.29 is 14.3 Å². The summed E-state index contributed by atoms with van der Waals surface area (Å²) in [6.45, 7) is 1.82. The first-order chi connectivity index (χ1) is 10.1. The van der Waals surface area contributed by atoms with E-state index in [-0.39, 0.29) is 11.9 Å². The van der Waals surface area contributed by atoms with Crippen LogP contribution in [0.15, 0.2) is 18.2 Å². The zero-order valence-corrected chi connectivity index (χ0v) is 12.2. The number of anilines is 2. The van der Waals surface area contributed by atoms with E-state index in [2.05, 4.69) is 10.6 Å². The lowest BCUT2D eigenvalue weighted by atomic mass is 10.2. The standard InChI is InChI=1S/C14H16ClN3O3/c15-10-4-3-9(18-6-5-16-14(18)20)8-11(10)17-13(19)12-2-1-7-21-12/h3-4,8,12H,1-2,5-7H2,(H,16,20)(H,17,19). The first-order valence-corrected chi connectivity index (χ1v) is 7.30. The summed E-state index contributed by atoms with van der Waals surface area (Å²) in [5.41, 5.74) is 1.20. The molecule has 2 heterocycles. The van der Waals surface area contributed by atoms with Crippen LogP contribution in [-0.2, 0) is 9.53 Å². The van der Waals surface area contributed by atoms with E-state index < -0.39 is 6.10 Å². The highest BCUT2D eigenvalue weighted by Gasteiger charge is 2.25. The molecule has 1 atom stereocenters. The molecule has 3 amide bonds. The van der Waals surface area contributed by atoms with Gasteiger partial charge in [-0.2, -0.15) is 0 Å². The number of amides is 3. The zero-order valence-electron chi connectivity index (χ0n) is 11.4. The summed E-state index contributed by atoms with van der Waals surface area (Å²) in [6, 6.07) is 5.00. The maximum absolute atomic E-state index is 12.1. The first kappa shape index (κ1) is 14.2. The second-order valence-electron chi connectivity index (χ2n) is 5.04. The predicted molar refractivity (Wildman–Crippen MR) is 79.8 cm³/mol. The number of halogens is 1. The second kappa shape index (κ2) is 5.91. The Balaban J connectivity index is 1.77. The van der Waals surface area contributed by atoms with E-state index in [1.807, 2.05) is 0 Å². The molecule has 0 bridgehead atoms. The van der Waals surface area contributed by atoms with Crippen molar-refractivity contribution in [1.29, 1.82) is 0 Å². The van der Waals surface area contributed by atoms with Gasteiger partial charge in [0.15, 0.2) is 0 Å². The minimum atomic E-state index is -0.417. The van der Waals surface area contributed by atoms with Crippen LogP contribution >= 0.6 is 11.6 Å². The van der Waals surface area contributed by atoms with Gasteiger partial charge in [0.1, 0.15) is 6.10 Å². The zero-order chi connectivity index (χ0) is 14.8. The van der Waals surface area contributed by atoms with E-state index in [0.717, 1.165) is 12.8 Å². The van der Waals surface area contributed by atoms with Crippen molar-refractivity contribution in [2.75, 3.05) is 29.9 Å². The molecule has 1 aromatic carbocycles. The van der Waals surface area contributed by atoms with Gasteiger partial charge in [0, 0.05) is 25.4 Å². The molecule has 6 nitrogen and oxygen atoms in total. The van der Waals surface area contributed by atoms with Crippen LogP contribution in [0.25, 0.3) is 0 Å². The van der Waals surface area contributed by atoms with Crippen molar-refractivity contribution in [1.82, 2.24) is 5.32 Å². The smallest absolute Gasteiger partial charge is 0.321 e. The number of carbonyl (C=O) groups excluding carboxylic acids is 2. The van der Waals surface area contributed by atoms with Gasteiger partial charge in [0.05, 0.1) is 10.7 Å². The molecule has 0 aliphatic carbocycles. The Morgan fingerprint density at radius 3 is 3.00 bits per heavy atom. The summed E-state index contributed by atoms with van der Waals surface area (Å²) in [4.78, 5) is 25.4. The summed E-state index contributed by atoms with van der Waals surface area (Å²) in [6.07, 6.45) is 1.19. The Bertz CT molecular complexity index is 573. The summed E-state index contributed by atoms with van der Waals surface area (Å²) in [5.74, 6) is -0.197. The third kappa shape index (κ3) is 2.96. The Kier molecular flexibility index (Phi) is 3.98. The summed E-state index contributed by atoms with van der Waals surface area (Å²) < 4.78 is 5.34. The average molecular weight is 310 g/mol. The Labute approximate surface area is 127 Å². The average Bonchev–Trinajstić information content (AvgIpc) is 3.12. The Morgan fingerprint density at radius 1 is 1.48 bits per heavy atom. The summed E-state index contributed by atoms with van der Waals surface area (Å²) in [7, 11) is 0. The van der Waals surface area contributed by atoms with E-state index in [9.17, 15) is 9.59 Å². The van der Waals surface area contributed by atoms with Crippen molar-refractivity contribution in [2.24, 2.45) is 0 Å². The number of rotatable bonds is 3. The molecule has 2 aliphatic rings. The second-order valence-corrected chi connectivity index (χ2v) is 5.45. The van der Waals surface area contributed by atoms with Gasteiger partial charge in [0.2, 0.25) is 0 Å². The van der Waals surface area contributed by atoms with E-state index in [1.54, 1.807) is 23.1 Å². The third-order valence-corrected chi connectivity index (χ3v) is 3.93. The van der Waals surface area contributed by atoms with Gasteiger partial charge >= 0.3 is 6.03 Å². The number of benzene rings is 1. The molecule has 0 spiro atoms. The molecule has 1 aromatic rings.